The van der Waals surface area contributed by atoms with Crippen molar-refractivity contribution in [1.82, 2.24) is 4.90 Å². The van der Waals surface area contributed by atoms with Gasteiger partial charge in [0.1, 0.15) is 0 Å². The number of nitrogens with zero attached hydrogens (tertiary/aromatic N) is 1. The van der Waals surface area contributed by atoms with Gasteiger partial charge in [-0.1, -0.05) is 30.4 Å². The van der Waals surface area contributed by atoms with E-state index < -0.39 is 0 Å². The van der Waals surface area contributed by atoms with Gasteiger partial charge in [-0.3, -0.25) is 0 Å². The van der Waals surface area contributed by atoms with Crippen molar-refractivity contribution in [2.45, 2.75) is 39.2 Å². The Labute approximate surface area is 105 Å². The normalized spacial score (nSPS) is 20.1. The van der Waals surface area contributed by atoms with E-state index in [4.69, 9.17) is 0 Å². The Bertz CT molecular complexity index is 298. The quantitative estimate of drug-likeness (QED) is 0.716. The first-order valence-electron chi connectivity index (χ1n) is 6.53. The van der Waals surface area contributed by atoms with E-state index in [1.807, 2.05) is 32.1 Å². The Morgan fingerprint density at radius 3 is 2.53 bits per heavy atom. The fourth-order valence-corrected chi connectivity index (χ4v) is 2.12. The van der Waals surface area contributed by atoms with Crippen LogP contribution in [0.4, 0.5) is 0 Å². The van der Waals surface area contributed by atoms with Crippen molar-refractivity contribution in [3.05, 3.63) is 36.0 Å². The highest BCUT2D eigenvalue weighted by molar-refractivity contribution is 5.27. The Balaban J connectivity index is 2.38. The second kappa shape index (κ2) is 7.46. The summed E-state index contributed by atoms with van der Waals surface area (Å²) in [4.78, 5) is 2.43. The number of aliphatic hydroxyl groups excluding tert-OH is 1. The first kappa shape index (κ1) is 14.2. The SMILES string of the molecule is C=C(C)C=CC(=CC)C(O)CCN1CCCC1. The molecule has 0 saturated carbocycles. The van der Waals surface area contributed by atoms with Crippen molar-refractivity contribution >= 4 is 0 Å². The molecule has 1 aliphatic rings. The van der Waals surface area contributed by atoms with Crippen molar-refractivity contribution < 1.29 is 5.11 Å². The van der Waals surface area contributed by atoms with Gasteiger partial charge in [0.2, 0.25) is 0 Å². The van der Waals surface area contributed by atoms with Gasteiger partial charge in [-0.2, -0.15) is 0 Å². The molecule has 1 saturated heterocycles. The number of hydrogen-bond donors (Lipinski definition) is 1. The largest absolute Gasteiger partial charge is 0.388 e. The minimum Gasteiger partial charge on any atom is -0.388 e. The van der Waals surface area contributed by atoms with Crippen LogP contribution in [0.3, 0.4) is 0 Å². The third-order valence-electron chi connectivity index (χ3n) is 3.20. The molecular formula is C15H25NO. The molecule has 1 heterocycles. The summed E-state index contributed by atoms with van der Waals surface area (Å²) in [6.45, 7) is 11.1. The van der Waals surface area contributed by atoms with Gasteiger partial charge in [0.25, 0.3) is 0 Å². The summed E-state index contributed by atoms with van der Waals surface area (Å²) in [6.07, 6.45) is 8.99. The summed E-state index contributed by atoms with van der Waals surface area (Å²) in [6, 6.07) is 0. The molecular weight excluding hydrogens is 210 g/mol. The minimum atomic E-state index is -0.351. The molecule has 0 aliphatic carbocycles. The maximum absolute atomic E-state index is 10.1. The van der Waals surface area contributed by atoms with Gasteiger partial charge < -0.3 is 10.0 Å². The van der Waals surface area contributed by atoms with Crippen LogP contribution in [-0.2, 0) is 0 Å². The predicted octanol–water partition coefficient (Wildman–Crippen LogP) is 2.91. The van der Waals surface area contributed by atoms with Gasteiger partial charge in [0.05, 0.1) is 6.10 Å². The van der Waals surface area contributed by atoms with Crippen LogP contribution in [-0.4, -0.2) is 35.7 Å². The number of hydrogen-bond acceptors (Lipinski definition) is 2. The summed E-state index contributed by atoms with van der Waals surface area (Å²) in [5, 5.41) is 10.1. The van der Waals surface area contributed by atoms with Crippen molar-refractivity contribution in [1.29, 1.82) is 0 Å². The lowest BCUT2D eigenvalue weighted by atomic mass is 10.1. The van der Waals surface area contributed by atoms with Crippen LogP contribution in [0.15, 0.2) is 36.0 Å². The Kier molecular flexibility index (Phi) is 6.23. The zero-order valence-corrected chi connectivity index (χ0v) is 11.2. The maximum atomic E-state index is 10.1. The number of likely N-dealkylation sites (tertiary alicyclic amines) is 1. The summed E-state index contributed by atoms with van der Waals surface area (Å²) in [5.41, 5.74) is 2.00. The number of aliphatic hydroxyl groups is 1. The zero-order chi connectivity index (χ0) is 12.7. The minimum absolute atomic E-state index is 0.351. The molecule has 0 aromatic carbocycles. The molecule has 1 rings (SSSR count). The molecule has 1 fully saturated rings. The molecule has 1 aliphatic heterocycles. The fourth-order valence-electron chi connectivity index (χ4n) is 2.12. The van der Waals surface area contributed by atoms with Crippen molar-refractivity contribution in [2.24, 2.45) is 0 Å². The average Bonchev–Trinajstić information content (AvgIpc) is 2.79. The standard InChI is InChI=1S/C15H25NO/c1-4-14(8-7-13(2)3)15(17)9-12-16-10-5-6-11-16/h4,7-8,15,17H,2,5-6,9-12H2,1,3H3. The molecule has 2 heteroatoms. The van der Waals surface area contributed by atoms with Crippen molar-refractivity contribution in [2.75, 3.05) is 19.6 Å². The number of allylic oxidation sites excluding steroid dienone is 3. The van der Waals surface area contributed by atoms with Crippen LogP contribution in [0.1, 0.15) is 33.1 Å². The van der Waals surface area contributed by atoms with E-state index in [0.29, 0.717) is 0 Å². The third-order valence-corrected chi connectivity index (χ3v) is 3.20. The molecule has 1 atom stereocenters. The van der Waals surface area contributed by atoms with E-state index in [9.17, 15) is 5.11 Å². The average molecular weight is 235 g/mol. The Morgan fingerprint density at radius 1 is 1.35 bits per heavy atom. The van der Waals surface area contributed by atoms with E-state index in [1.165, 1.54) is 25.9 Å². The molecule has 0 amide bonds. The highest BCUT2D eigenvalue weighted by atomic mass is 16.3. The van der Waals surface area contributed by atoms with Crippen LogP contribution >= 0.6 is 0 Å². The van der Waals surface area contributed by atoms with Crippen LogP contribution < -0.4 is 0 Å². The van der Waals surface area contributed by atoms with Gasteiger partial charge in [0, 0.05) is 6.54 Å². The van der Waals surface area contributed by atoms with Gasteiger partial charge in [-0.25, -0.2) is 0 Å². The fraction of sp³-hybridized carbons (Fsp3) is 0.600. The van der Waals surface area contributed by atoms with Crippen LogP contribution in [0.5, 0.6) is 0 Å². The summed E-state index contributed by atoms with van der Waals surface area (Å²) >= 11 is 0. The Hall–Kier alpha value is -0.860. The highest BCUT2D eigenvalue weighted by Crippen LogP contribution is 2.13. The Morgan fingerprint density at radius 2 is 2.00 bits per heavy atom. The van der Waals surface area contributed by atoms with E-state index in [0.717, 1.165) is 24.1 Å². The predicted molar refractivity (Wildman–Crippen MR) is 74.0 cm³/mol. The summed E-state index contributed by atoms with van der Waals surface area (Å²) in [5.74, 6) is 0. The molecule has 0 spiro atoms. The van der Waals surface area contributed by atoms with E-state index in [-0.39, 0.29) is 6.10 Å². The van der Waals surface area contributed by atoms with Gasteiger partial charge in [-0.05, 0) is 51.8 Å². The molecule has 0 radical (unpaired) electrons. The maximum Gasteiger partial charge on any atom is 0.0799 e. The molecule has 1 N–H and O–H groups in total. The van der Waals surface area contributed by atoms with Gasteiger partial charge in [-0.15, -0.1) is 0 Å². The third kappa shape index (κ3) is 5.33. The molecule has 0 aromatic heterocycles. The van der Waals surface area contributed by atoms with E-state index >= 15 is 0 Å². The lowest BCUT2D eigenvalue weighted by Crippen LogP contribution is -2.24. The van der Waals surface area contributed by atoms with Crippen LogP contribution in [0.2, 0.25) is 0 Å². The smallest absolute Gasteiger partial charge is 0.0799 e. The topological polar surface area (TPSA) is 23.5 Å². The lowest BCUT2D eigenvalue weighted by molar-refractivity contribution is 0.181. The molecule has 96 valence electrons. The molecule has 0 aromatic rings. The first-order valence-corrected chi connectivity index (χ1v) is 6.53. The molecule has 17 heavy (non-hydrogen) atoms. The highest BCUT2D eigenvalue weighted by Gasteiger charge is 2.14. The van der Waals surface area contributed by atoms with Gasteiger partial charge >= 0.3 is 0 Å². The van der Waals surface area contributed by atoms with Crippen molar-refractivity contribution in [3.63, 3.8) is 0 Å². The zero-order valence-electron chi connectivity index (χ0n) is 11.2. The van der Waals surface area contributed by atoms with Crippen molar-refractivity contribution in [3.8, 4) is 0 Å². The second-order valence-corrected chi connectivity index (χ2v) is 4.82. The van der Waals surface area contributed by atoms with Crippen LogP contribution in [0.25, 0.3) is 0 Å². The van der Waals surface area contributed by atoms with E-state index in [2.05, 4.69) is 11.5 Å². The monoisotopic (exact) mass is 235 g/mol. The lowest BCUT2D eigenvalue weighted by Gasteiger charge is -2.18. The summed E-state index contributed by atoms with van der Waals surface area (Å²) in [7, 11) is 0. The molecule has 2 nitrogen and oxygen atoms in total. The molecule has 1 unspecified atom stereocenters. The van der Waals surface area contributed by atoms with Gasteiger partial charge in [0.15, 0.2) is 0 Å². The van der Waals surface area contributed by atoms with Crippen LogP contribution in [0, 0.1) is 0 Å². The number of rotatable bonds is 6. The summed E-state index contributed by atoms with van der Waals surface area (Å²) < 4.78 is 0. The second-order valence-electron chi connectivity index (χ2n) is 4.82. The van der Waals surface area contributed by atoms with E-state index in [1.54, 1.807) is 0 Å². The first-order chi connectivity index (χ1) is 8.13. The molecule has 0 bridgehead atoms.